The van der Waals surface area contributed by atoms with Gasteiger partial charge in [-0.25, -0.2) is 8.78 Å². The summed E-state index contributed by atoms with van der Waals surface area (Å²) < 4.78 is 28.4. The van der Waals surface area contributed by atoms with Crippen LogP contribution in [0.4, 0.5) is 14.5 Å². The lowest BCUT2D eigenvalue weighted by Gasteiger charge is -2.38. The average molecular weight is 311 g/mol. The number of piperidine rings is 1. The average Bonchev–Trinajstić information content (AvgIpc) is 2.83. The van der Waals surface area contributed by atoms with E-state index in [9.17, 15) is 13.6 Å². The smallest absolute Gasteiger partial charge is 0.225 e. The van der Waals surface area contributed by atoms with Gasteiger partial charge in [0.25, 0.3) is 0 Å². The normalized spacial score (nSPS) is 24.7. The molecule has 0 saturated carbocycles. The van der Waals surface area contributed by atoms with Gasteiger partial charge < -0.3 is 16.0 Å². The van der Waals surface area contributed by atoms with Crippen LogP contribution in [0, 0.1) is 17.6 Å². The van der Waals surface area contributed by atoms with E-state index in [1.54, 1.807) is 4.90 Å². The maximum absolute atomic E-state index is 14.3. The lowest BCUT2D eigenvalue weighted by atomic mass is 9.91. The van der Waals surface area contributed by atoms with E-state index < -0.39 is 11.6 Å². The van der Waals surface area contributed by atoms with Crippen LogP contribution in [0.2, 0.25) is 0 Å². The molecule has 2 aliphatic rings. The van der Waals surface area contributed by atoms with Gasteiger partial charge in [-0.15, -0.1) is 0 Å². The summed E-state index contributed by atoms with van der Waals surface area (Å²) in [6.07, 6.45) is 1.55. The van der Waals surface area contributed by atoms with Gasteiger partial charge in [0.15, 0.2) is 11.6 Å². The minimum absolute atomic E-state index is 0.00895. The van der Waals surface area contributed by atoms with E-state index in [0.29, 0.717) is 13.1 Å². The highest BCUT2D eigenvalue weighted by molar-refractivity contribution is 7.80. The van der Waals surface area contributed by atoms with Crippen molar-refractivity contribution < 1.29 is 13.6 Å². The number of fused-ring (bicyclic) bond motifs is 1. The Morgan fingerprint density at radius 1 is 1.38 bits per heavy atom. The SMILES string of the molecule is NC(=S)c1ccc(N2CCCC3C(=O)NCC32)c(F)c1F. The number of nitrogens with one attached hydrogen (secondary N) is 1. The van der Waals surface area contributed by atoms with E-state index in [1.807, 2.05) is 0 Å². The zero-order chi connectivity index (χ0) is 15.1. The summed E-state index contributed by atoms with van der Waals surface area (Å²) in [5, 5.41) is 2.79. The molecule has 3 N–H and O–H groups in total. The molecule has 21 heavy (non-hydrogen) atoms. The first-order valence-electron chi connectivity index (χ1n) is 6.83. The molecule has 0 aromatic heterocycles. The van der Waals surface area contributed by atoms with Crippen LogP contribution in [0.1, 0.15) is 18.4 Å². The minimum Gasteiger partial charge on any atom is -0.389 e. The maximum atomic E-state index is 14.3. The van der Waals surface area contributed by atoms with Gasteiger partial charge in [-0.1, -0.05) is 12.2 Å². The molecule has 2 heterocycles. The molecular weight excluding hydrogens is 296 g/mol. The number of anilines is 1. The van der Waals surface area contributed by atoms with Gasteiger partial charge in [0, 0.05) is 18.7 Å². The van der Waals surface area contributed by atoms with E-state index in [1.165, 1.54) is 12.1 Å². The molecule has 3 rings (SSSR count). The quantitative estimate of drug-likeness (QED) is 0.809. The molecule has 0 spiro atoms. The Labute approximate surface area is 126 Å². The second-order valence-electron chi connectivity index (χ2n) is 5.38. The molecule has 1 aromatic rings. The molecule has 2 fully saturated rings. The Morgan fingerprint density at radius 2 is 2.14 bits per heavy atom. The summed E-state index contributed by atoms with van der Waals surface area (Å²) in [6, 6.07) is 2.75. The predicted octanol–water partition coefficient (Wildman–Crippen LogP) is 1.31. The summed E-state index contributed by atoms with van der Waals surface area (Å²) in [5.41, 5.74) is 5.44. The number of hydrogen-bond acceptors (Lipinski definition) is 3. The van der Waals surface area contributed by atoms with Gasteiger partial charge in [0.05, 0.1) is 17.6 Å². The summed E-state index contributed by atoms with van der Waals surface area (Å²) in [4.78, 5) is 13.3. The summed E-state index contributed by atoms with van der Waals surface area (Å²) in [5.74, 6) is -2.15. The molecule has 2 unspecified atom stereocenters. The number of thiocarbonyl (C=S) groups is 1. The standard InChI is InChI=1S/C14H15F2N3OS/c15-11-8(13(17)21)3-4-9(12(11)16)19-5-1-2-7-10(19)6-18-14(7)20/h3-4,7,10H,1-2,5-6H2,(H2,17,21)(H,18,20). The van der Waals surface area contributed by atoms with Crippen molar-refractivity contribution in [1.29, 1.82) is 0 Å². The molecule has 0 bridgehead atoms. The molecule has 4 nitrogen and oxygen atoms in total. The fraction of sp³-hybridized carbons (Fsp3) is 0.429. The summed E-state index contributed by atoms with van der Waals surface area (Å²) in [6.45, 7) is 1.06. The number of carbonyl (C=O) groups is 1. The third kappa shape index (κ3) is 2.25. The Kier molecular flexibility index (Phi) is 3.52. The van der Waals surface area contributed by atoms with Crippen LogP contribution in [0.15, 0.2) is 12.1 Å². The number of carbonyl (C=O) groups excluding carboxylic acids is 1. The first kappa shape index (κ1) is 14.2. The number of amides is 1. The van der Waals surface area contributed by atoms with Crippen molar-refractivity contribution in [2.24, 2.45) is 11.7 Å². The molecule has 2 saturated heterocycles. The van der Waals surface area contributed by atoms with Crippen molar-refractivity contribution in [3.8, 4) is 0 Å². The number of halogens is 2. The third-order valence-corrected chi connectivity index (χ3v) is 4.46. The Bertz CT molecular complexity index is 622. The van der Waals surface area contributed by atoms with Crippen LogP contribution in [0.25, 0.3) is 0 Å². The summed E-state index contributed by atoms with van der Waals surface area (Å²) in [7, 11) is 0. The van der Waals surface area contributed by atoms with E-state index in [2.05, 4.69) is 5.32 Å². The lowest BCUT2D eigenvalue weighted by molar-refractivity contribution is -0.123. The second-order valence-corrected chi connectivity index (χ2v) is 5.82. The van der Waals surface area contributed by atoms with Crippen LogP contribution in [0.5, 0.6) is 0 Å². The molecule has 0 radical (unpaired) electrons. The van der Waals surface area contributed by atoms with Crippen LogP contribution >= 0.6 is 12.2 Å². The molecule has 2 atom stereocenters. The van der Waals surface area contributed by atoms with Crippen molar-refractivity contribution in [3.05, 3.63) is 29.3 Å². The van der Waals surface area contributed by atoms with Gasteiger partial charge in [0.1, 0.15) is 4.99 Å². The van der Waals surface area contributed by atoms with Crippen molar-refractivity contribution in [2.45, 2.75) is 18.9 Å². The van der Waals surface area contributed by atoms with Gasteiger partial charge in [0.2, 0.25) is 5.91 Å². The first-order valence-corrected chi connectivity index (χ1v) is 7.23. The second kappa shape index (κ2) is 5.22. The van der Waals surface area contributed by atoms with E-state index in [4.69, 9.17) is 18.0 Å². The monoisotopic (exact) mass is 311 g/mol. The van der Waals surface area contributed by atoms with E-state index in [0.717, 1.165) is 12.8 Å². The fourth-order valence-corrected chi connectivity index (χ4v) is 3.36. The van der Waals surface area contributed by atoms with Gasteiger partial charge in [-0.3, -0.25) is 4.79 Å². The van der Waals surface area contributed by atoms with Gasteiger partial charge in [-0.2, -0.15) is 0 Å². The number of hydrogen-bond donors (Lipinski definition) is 2. The van der Waals surface area contributed by atoms with E-state index in [-0.39, 0.29) is 34.1 Å². The lowest BCUT2D eigenvalue weighted by Crippen LogP contribution is -2.46. The molecule has 1 aromatic carbocycles. The number of nitrogens with zero attached hydrogens (tertiary/aromatic N) is 1. The molecule has 112 valence electrons. The minimum atomic E-state index is -1.03. The van der Waals surface area contributed by atoms with Crippen LogP contribution < -0.4 is 16.0 Å². The third-order valence-electron chi connectivity index (χ3n) is 4.24. The molecule has 0 aliphatic carbocycles. The van der Waals surface area contributed by atoms with Crippen LogP contribution in [-0.4, -0.2) is 30.0 Å². The fourth-order valence-electron chi connectivity index (χ4n) is 3.20. The zero-order valence-electron chi connectivity index (χ0n) is 11.2. The van der Waals surface area contributed by atoms with Gasteiger partial charge >= 0.3 is 0 Å². The van der Waals surface area contributed by atoms with Crippen LogP contribution in [0.3, 0.4) is 0 Å². The number of rotatable bonds is 2. The molecule has 2 aliphatic heterocycles. The highest BCUT2D eigenvalue weighted by atomic mass is 32.1. The van der Waals surface area contributed by atoms with E-state index >= 15 is 0 Å². The van der Waals surface area contributed by atoms with Crippen molar-refractivity contribution in [2.75, 3.05) is 18.0 Å². The number of nitrogens with two attached hydrogens (primary N) is 1. The predicted molar refractivity (Wildman–Crippen MR) is 79.1 cm³/mol. The Morgan fingerprint density at radius 3 is 2.86 bits per heavy atom. The maximum Gasteiger partial charge on any atom is 0.225 e. The highest BCUT2D eigenvalue weighted by Gasteiger charge is 2.41. The first-order chi connectivity index (χ1) is 10.0. The highest BCUT2D eigenvalue weighted by Crippen LogP contribution is 2.34. The van der Waals surface area contributed by atoms with Crippen molar-refractivity contribution >= 4 is 28.8 Å². The number of benzene rings is 1. The zero-order valence-corrected chi connectivity index (χ0v) is 12.1. The molecule has 7 heteroatoms. The summed E-state index contributed by atoms with van der Waals surface area (Å²) >= 11 is 4.70. The van der Waals surface area contributed by atoms with Crippen LogP contribution in [-0.2, 0) is 4.79 Å². The Balaban J connectivity index is 1.99. The largest absolute Gasteiger partial charge is 0.389 e. The topological polar surface area (TPSA) is 58.4 Å². The van der Waals surface area contributed by atoms with Gasteiger partial charge in [-0.05, 0) is 25.0 Å². The van der Waals surface area contributed by atoms with Crippen molar-refractivity contribution in [1.82, 2.24) is 5.32 Å². The molecule has 1 amide bonds. The van der Waals surface area contributed by atoms with Crippen molar-refractivity contribution in [3.63, 3.8) is 0 Å². The Hall–Kier alpha value is -1.76. The molecular formula is C14H15F2N3OS.